The van der Waals surface area contributed by atoms with Crippen LogP contribution < -0.4 is 14.8 Å². The molecule has 10 nitrogen and oxygen atoms in total. The fraction of sp³-hybridized carbons (Fsp3) is 0.400. The summed E-state index contributed by atoms with van der Waals surface area (Å²) in [5.41, 5.74) is 0. The van der Waals surface area contributed by atoms with E-state index in [1.165, 1.54) is 33.7 Å². The lowest BCUT2D eigenvalue weighted by molar-refractivity contribution is -0.131. The van der Waals surface area contributed by atoms with E-state index in [0.717, 1.165) is 6.42 Å². The summed E-state index contributed by atoms with van der Waals surface area (Å²) in [6, 6.07) is 7.68. The Morgan fingerprint density at radius 3 is 2.45 bits per heavy atom. The van der Waals surface area contributed by atoms with Gasteiger partial charge in [0.1, 0.15) is 0 Å². The number of nitrogens with zero attached hydrogens (tertiary/aromatic N) is 2. The molecule has 2 aromatic rings. The van der Waals surface area contributed by atoms with Crippen LogP contribution in [0.2, 0.25) is 0 Å². The highest BCUT2D eigenvalue weighted by atomic mass is 32.2. The molecule has 1 aromatic carbocycles. The molecule has 0 spiro atoms. The third-order valence-corrected chi connectivity index (χ3v) is 6.99. The molecule has 0 radical (unpaired) electrons. The number of piperazine rings is 1. The van der Waals surface area contributed by atoms with Gasteiger partial charge in [0.15, 0.2) is 17.3 Å². The Bertz CT molecular complexity index is 1040. The van der Waals surface area contributed by atoms with Gasteiger partial charge in [-0.3, -0.25) is 9.59 Å². The largest absolute Gasteiger partial charge is 0.490 e. The number of hydrogen-bond donors (Lipinski definition) is 1. The minimum atomic E-state index is -3.73. The van der Waals surface area contributed by atoms with E-state index in [1.54, 1.807) is 12.1 Å². The Morgan fingerprint density at radius 1 is 1.00 bits per heavy atom. The number of benzene rings is 1. The van der Waals surface area contributed by atoms with Crippen LogP contribution in [0, 0.1) is 0 Å². The summed E-state index contributed by atoms with van der Waals surface area (Å²) in [6.07, 6.45) is 2.11. The van der Waals surface area contributed by atoms with Crippen molar-refractivity contribution < 1.29 is 31.9 Å². The molecule has 2 aliphatic heterocycles. The summed E-state index contributed by atoms with van der Waals surface area (Å²) >= 11 is 0. The van der Waals surface area contributed by atoms with Crippen molar-refractivity contribution in [3.63, 3.8) is 0 Å². The Hall–Kier alpha value is -3.05. The third kappa shape index (κ3) is 4.67. The lowest BCUT2D eigenvalue weighted by Gasteiger charge is -2.34. The van der Waals surface area contributed by atoms with Gasteiger partial charge in [-0.25, -0.2) is 8.42 Å². The summed E-state index contributed by atoms with van der Waals surface area (Å²) in [4.78, 5) is 25.9. The molecule has 1 N–H and O–H groups in total. The zero-order valence-corrected chi connectivity index (χ0v) is 17.6. The van der Waals surface area contributed by atoms with Gasteiger partial charge in [0.25, 0.3) is 5.91 Å². The van der Waals surface area contributed by atoms with Crippen LogP contribution in [0.5, 0.6) is 11.5 Å². The smallest absolute Gasteiger partial charge is 0.287 e. The van der Waals surface area contributed by atoms with Gasteiger partial charge in [-0.1, -0.05) is 0 Å². The first-order valence-electron chi connectivity index (χ1n) is 9.94. The van der Waals surface area contributed by atoms with E-state index in [4.69, 9.17) is 13.9 Å². The predicted molar refractivity (Wildman–Crippen MR) is 108 cm³/mol. The van der Waals surface area contributed by atoms with E-state index in [9.17, 15) is 18.0 Å². The number of sulfonamides is 1. The van der Waals surface area contributed by atoms with E-state index in [1.807, 2.05) is 0 Å². The number of carbonyl (C=O) groups excluding carboxylic acids is 2. The Kier molecular flexibility index (Phi) is 6.14. The molecule has 0 unspecified atom stereocenters. The second-order valence-electron chi connectivity index (χ2n) is 7.10. The standard InChI is InChI=1S/C20H23N3O7S/c24-19(14-21-20(25)17-3-1-10-29-17)22-6-8-23(9-7-22)31(26,27)15-4-5-16-18(13-15)30-12-2-11-28-16/h1,3-5,10,13H,2,6-9,11-12,14H2,(H,21,25). The van der Waals surface area contributed by atoms with Crippen molar-refractivity contribution >= 4 is 21.8 Å². The molecule has 11 heteroatoms. The second-order valence-corrected chi connectivity index (χ2v) is 9.04. The van der Waals surface area contributed by atoms with Gasteiger partial charge >= 0.3 is 0 Å². The number of carbonyl (C=O) groups is 2. The fourth-order valence-electron chi connectivity index (χ4n) is 3.39. The summed E-state index contributed by atoms with van der Waals surface area (Å²) in [5.74, 6) is 0.309. The van der Waals surface area contributed by atoms with Gasteiger partial charge in [-0.05, 0) is 24.3 Å². The highest BCUT2D eigenvalue weighted by molar-refractivity contribution is 7.89. The van der Waals surface area contributed by atoms with Gasteiger partial charge < -0.3 is 24.1 Å². The molecule has 4 rings (SSSR count). The number of furan rings is 1. The molecule has 31 heavy (non-hydrogen) atoms. The molecule has 0 aliphatic carbocycles. The summed E-state index contributed by atoms with van der Waals surface area (Å²) < 4.78 is 43.6. The topological polar surface area (TPSA) is 118 Å². The summed E-state index contributed by atoms with van der Waals surface area (Å²) in [7, 11) is -3.73. The number of amides is 2. The molecular weight excluding hydrogens is 426 g/mol. The molecule has 1 aromatic heterocycles. The van der Waals surface area contributed by atoms with Crippen LogP contribution in [-0.2, 0) is 14.8 Å². The van der Waals surface area contributed by atoms with Crippen LogP contribution in [0.1, 0.15) is 17.0 Å². The van der Waals surface area contributed by atoms with Crippen molar-refractivity contribution in [1.82, 2.24) is 14.5 Å². The number of rotatable bonds is 5. The number of fused-ring (bicyclic) bond motifs is 1. The molecular formula is C20H23N3O7S. The Balaban J connectivity index is 1.34. The minimum absolute atomic E-state index is 0.124. The zero-order valence-electron chi connectivity index (χ0n) is 16.8. The van der Waals surface area contributed by atoms with Gasteiger partial charge in [0.05, 0.1) is 30.9 Å². The normalized spacial score (nSPS) is 17.1. The van der Waals surface area contributed by atoms with Crippen molar-refractivity contribution in [3.8, 4) is 11.5 Å². The van der Waals surface area contributed by atoms with Crippen molar-refractivity contribution in [3.05, 3.63) is 42.4 Å². The van der Waals surface area contributed by atoms with Crippen molar-refractivity contribution in [2.75, 3.05) is 45.9 Å². The molecule has 1 fully saturated rings. The molecule has 2 aliphatic rings. The fourth-order valence-corrected chi connectivity index (χ4v) is 4.83. The Labute approximate surface area is 179 Å². The van der Waals surface area contributed by atoms with E-state index >= 15 is 0 Å². The third-order valence-electron chi connectivity index (χ3n) is 5.09. The van der Waals surface area contributed by atoms with Gasteiger partial charge in [0.2, 0.25) is 15.9 Å². The molecule has 2 amide bonds. The van der Waals surface area contributed by atoms with Crippen LogP contribution >= 0.6 is 0 Å². The van der Waals surface area contributed by atoms with Crippen LogP contribution in [0.3, 0.4) is 0 Å². The van der Waals surface area contributed by atoms with Crippen molar-refractivity contribution in [2.24, 2.45) is 0 Å². The maximum absolute atomic E-state index is 13.0. The minimum Gasteiger partial charge on any atom is -0.490 e. The van der Waals surface area contributed by atoms with E-state index in [0.29, 0.717) is 24.7 Å². The molecule has 166 valence electrons. The van der Waals surface area contributed by atoms with E-state index in [2.05, 4.69) is 5.32 Å². The monoisotopic (exact) mass is 449 g/mol. The first-order valence-corrected chi connectivity index (χ1v) is 11.4. The molecule has 3 heterocycles. The predicted octanol–water partition coefficient (Wildman–Crippen LogP) is 0.704. The number of hydrogen-bond acceptors (Lipinski definition) is 7. The molecule has 1 saturated heterocycles. The average Bonchev–Trinajstić information content (AvgIpc) is 3.22. The van der Waals surface area contributed by atoms with Crippen molar-refractivity contribution in [1.29, 1.82) is 0 Å². The first kappa shape index (κ1) is 21.2. The highest BCUT2D eigenvalue weighted by Crippen LogP contribution is 2.33. The maximum Gasteiger partial charge on any atom is 0.287 e. The van der Waals surface area contributed by atoms with Crippen molar-refractivity contribution in [2.45, 2.75) is 11.3 Å². The van der Waals surface area contributed by atoms with Gasteiger partial charge in [0, 0.05) is 38.7 Å². The van der Waals surface area contributed by atoms with Crippen LogP contribution in [0.4, 0.5) is 0 Å². The first-order chi connectivity index (χ1) is 14.9. The zero-order chi connectivity index (χ0) is 21.8. The lowest BCUT2D eigenvalue weighted by atomic mass is 10.3. The molecule has 0 atom stereocenters. The van der Waals surface area contributed by atoms with E-state index < -0.39 is 15.9 Å². The lowest BCUT2D eigenvalue weighted by Crippen LogP contribution is -2.52. The van der Waals surface area contributed by atoms with Gasteiger partial charge in [-0.15, -0.1) is 0 Å². The van der Waals surface area contributed by atoms with Crippen LogP contribution in [-0.4, -0.2) is 75.4 Å². The highest BCUT2D eigenvalue weighted by Gasteiger charge is 2.31. The molecule has 0 saturated carbocycles. The quantitative estimate of drug-likeness (QED) is 0.714. The Morgan fingerprint density at radius 2 is 1.74 bits per heavy atom. The summed E-state index contributed by atoms with van der Waals surface area (Å²) in [6.45, 7) is 1.60. The van der Waals surface area contributed by atoms with Crippen LogP contribution in [0.25, 0.3) is 0 Å². The van der Waals surface area contributed by atoms with Crippen LogP contribution in [0.15, 0.2) is 45.9 Å². The average molecular weight is 449 g/mol. The number of nitrogens with one attached hydrogen (secondary N) is 1. The number of ether oxygens (including phenoxy) is 2. The maximum atomic E-state index is 13.0. The summed E-state index contributed by atoms with van der Waals surface area (Å²) in [5, 5.41) is 2.50. The van der Waals surface area contributed by atoms with E-state index in [-0.39, 0.29) is 49.3 Å². The molecule has 0 bridgehead atoms. The van der Waals surface area contributed by atoms with Gasteiger partial charge in [-0.2, -0.15) is 4.31 Å². The SMILES string of the molecule is O=C(NCC(=O)N1CCN(S(=O)(=O)c2ccc3c(c2)OCCCO3)CC1)c1ccco1. The second kappa shape index (κ2) is 8.98.